The molecular formula is C16H17F2NO. The zero-order valence-electron chi connectivity index (χ0n) is 11.3. The molecule has 0 aromatic heterocycles. The Balaban J connectivity index is 2.17. The zero-order chi connectivity index (χ0) is 14.6. The van der Waals surface area contributed by atoms with E-state index in [-0.39, 0.29) is 12.1 Å². The SMILES string of the molecule is Cc1cccc(CN)c1OCC(F)(F)c1ccccc1. The van der Waals surface area contributed by atoms with Gasteiger partial charge in [-0.25, -0.2) is 0 Å². The number of ether oxygens (including phenoxy) is 1. The van der Waals surface area contributed by atoms with Gasteiger partial charge < -0.3 is 10.5 Å². The van der Waals surface area contributed by atoms with Crippen LogP contribution < -0.4 is 10.5 Å². The van der Waals surface area contributed by atoms with Gasteiger partial charge in [0.15, 0.2) is 6.61 Å². The van der Waals surface area contributed by atoms with E-state index in [4.69, 9.17) is 10.5 Å². The van der Waals surface area contributed by atoms with Crippen LogP contribution in [0, 0.1) is 6.92 Å². The molecule has 0 amide bonds. The lowest BCUT2D eigenvalue weighted by Gasteiger charge is -2.19. The summed E-state index contributed by atoms with van der Waals surface area (Å²) in [6, 6.07) is 13.1. The number of hydrogen-bond acceptors (Lipinski definition) is 2. The van der Waals surface area contributed by atoms with Crippen LogP contribution in [0.2, 0.25) is 0 Å². The molecule has 0 fully saturated rings. The molecule has 106 valence electrons. The molecule has 0 atom stereocenters. The first-order chi connectivity index (χ1) is 9.54. The summed E-state index contributed by atoms with van der Waals surface area (Å²) in [6.07, 6.45) is 0. The number of aryl methyl sites for hydroxylation is 1. The van der Waals surface area contributed by atoms with Crippen molar-refractivity contribution in [2.75, 3.05) is 6.61 Å². The van der Waals surface area contributed by atoms with Crippen molar-refractivity contribution in [2.45, 2.75) is 19.4 Å². The average molecular weight is 277 g/mol. The Morgan fingerprint density at radius 2 is 1.75 bits per heavy atom. The third-order valence-electron chi connectivity index (χ3n) is 3.11. The van der Waals surface area contributed by atoms with Crippen molar-refractivity contribution in [3.05, 3.63) is 65.2 Å². The molecule has 0 aliphatic heterocycles. The maximum Gasteiger partial charge on any atom is 0.306 e. The lowest BCUT2D eigenvalue weighted by atomic mass is 10.1. The topological polar surface area (TPSA) is 35.2 Å². The van der Waals surface area contributed by atoms with Crippen LogP contribution in [0.25, 0.3) is 0 Å². The minimum absolute atomic E-state index is 0.0529. The van der Waals surface area contributed by atoms with Gasteiger partial charge in [-0.1, -0.05) is 48.5 Å². The van der Waals surface area contributed by atoms with Crippen LogP contribution in [0.3, 0.4) is 0 Å². The van der Waals surface area contributed by atoms with Gasteiger partial charge in [-0.3, -0.25) is 0 Å². The Morgan fingerprint density at radius 3 is 2.40 bits per heavy atom. The summed E-state index contributed by atoms with van der Waals surface area (Å²) in [4.78, 5) is 0. The van der Waals surface area contributed by atoms with Crippen LogP contribution in [-0.4, -0.2) is 6.61 Å². The van der Waals surface area contributed by atoms with Crippen molar-refractivity contribution < 1.29 is 13.5 Å². The van der Waals surface area contributed by atoms with Crippen LogP contribution in [-0.2, 0) is 12.5 Å². The molecule has 0 unspecified atom stereocenters. The first-order valence-electron chi connectivity index (χ1n) is 6.39. The maximum absolute atomic E-state index is 14.1. The molecule has 0 heterocycles. The molecule has 0 saturated carbocycles. The number of halogens is 2. The van der Waals surface area contributed by atoms with Crippen molar-refractivity contribution in [3.63, 3.8) is 0 Å². The molecule has 0 radical (unpaired) electrons. The van der Waals surface area contributed by atoms with Gasteiger partial charge in [0.2, 0.25) is 0 Å². The lowest BCUT2D eigenvalue weighted by Crippen LogP contribution is -2.23. The Morgan fingerprint density at radius 1 is 1.05 bits per heavy atom. The second-order valence-corrected chi connectivity index (χ2v) is 4.63. The second kappa shape index (κ2) is 6.01. The fourth-order valence-electron chi connectivity index (χ4n) is 2.01. The fraction of sp³-hybridized carbons (Fsp3) is 0.250. The van der Waals surface area contributed by atoms with Crippen molar-refractivity contribution in [1.82, 2.24) is 0 Å². The highest BCUT2D eigenvalue weighted by atomic mass is 19.3. The van der Waals surface area contributed by atoms with Crippen molar-refractivity contribution in [2.24, 2.45) is 5.73 Å². The molecule has 0 aliphatic rings. The van der Waals surface area contributed by atoms with E-state index in [0.717, 1.165) is 11.1 Å². The zero-order valence-corrected chi connectivity index (χ0v) is 11.3. The largest absolute Gasteiger partial charge is 0.486 e. The van der Waals surface area contributed by atoms with E-state index >= 15 is 0 Å². The summed E-state index contributed by atoms with van der Waals surface area (Å²) in [7, 11) is 0. The fourth-order valence-corrected chi connectivity index (χ4v) is 2.01. The molecule has 2 aromatic rings. The molecule has 0 spiro atoms. The van der Waals surface area contributed by atoms with Gasteiger partial charge in [0.05, 0.1) is 0 Å². The summed E-state index contributed by atoms with van der Waals surface area (Å²) in [6.45, 7) is 1.37. The Labute approximate surface area is 117 Å². The summed E-state index contributed by atoms with van der Waals surface area (Å²) in [5.74, 6) is -2.58. The molecule has 2 N–H and O–H groups in total. The van der Waals surface area contributed by atoms with E-state index in [9.17, 15) is 8.78 Å². The number of nitrogens with two attached hydrogens (primary N) is 1. The number of para-hydroxylation sites is 1. The first-order valence-corrected chi connectivity index (χ1v) is 6.39. The van der Waals surface area contributed by atoms with Crippen LogP contribution in [0.1, 0.15) is 16.7 Å². The lowest BCUT2D eigenvalue weighted by molar-refractivity contribution is -0.0470. The Hall–Kier alpha value is -1.94. The van der Waals surface area contributed by atoms with Crippen LogP contribution in [0.15, 0.2) is 48.5 Å². The quantitative estimate of drug-likeness (QED) is 0.905. The summed E-state index contributed by atoms with van der Waals surface area (Å²) >= 11 is 0. The highest BCUT2D eigenvalue weighted by Gasteiger charge is 2.32. The minimum atomic E-state index is -3.03. The predicted molar refractivity (Wildman–Crippen MR) is 74.9 cm³/mol. The van der Waals surface area contributed by atoms with Gasteiger partial charge in [-0.2, -0.15) is 8.78 Å². The number of alkyl halides is 2. The molecular weight excluding hydrogens is 260 g/mol. The van der Waals surface area contributed by atoms with Gasteiger partial charge in [0.25, 0.3) is 0 Å². The summed E-state index contributed by atoms with van der Waals surface area (Å²) in [5, 5.41) is 0. The monoisotopic (exact) mass is 277 g/mol. The smallest absolute Gasteiger partial charge is 0.306 e. The Kier molecular flexibility index (Phi) is 4.35. The molecule has 2 aromatic carbocycles. The number of rotatable bonds is 5. The highest BCUT2D eigenvalue weighted by Crippen LogP contribution is 2.30. The third kappa shape index (κ3) is 3.14. The van der Waals surface area contributed by atoms with Gasteiger partial charge in [-0.05, 0) is 12.5 Å². The molecule has 2 nitrogen and oxygen atoms in total. The van der Waals surface area contributed by atoms with E-state index in [2.05, 4.69) is 0 Å². The van der Waals surface area contributed by atoms with Crippen LogP contribution in [0.4, 0.5) is 8.78 Å². The van der Waals surface area contributed by atoms with Gasteiger partial charge in [0, 0.05) is 17.7 Å². The average Bonchev–Trinajstić information content (AvgIpc) is 2.46. The number of hydrogen-bond donors (Lipinski definition) is 1. The second-order valence-electron chi connectivity index (χ2n) is 4.63. The van der Waals surface area contributed by atoms with E-state index < -0.39 is 12.5 Å². The summed E-state index contributed by atoms with van der Waals surface area (Å²) in [5.41, 5.74) is 7.08. The van der Waals surface area contributed by atoms with Gasteiger partial charge in [-0.15, -0.1) is 0 Å². The maximum atomic E-state index is 14.1. The van der Waals surface area contributed by atoms with E-state index in [1.807, 2.05) is 19.1 Å². The predicted octanol–water partition coefficient (Wildman–Crippen LogP) is 3.62. The van der Waals surface area contributed by atoms with Crippen molar-refractivity contribution in [3.8, 4) is 5.75 Å². The molecule has 4 heteroatoms. The van der Waals surface area contributed by atoms with E-state index in [1.165, 1.54) is 12.1 Å². The minimum Gasteiger partial charge on any atom is -0.486 e. The molecule has 0 saturated heterocycles. The molecule has 0 aliphatic carbocycles. The van der Waals surface area contributed by atoms with Crippen molar-refractivity contribution in [1.29, 1.82) is 0 Å². The van der Waals surface area contributed by atoms with Crippen LogP contribution in [0.5, 0.6) is 5.75 Å². The summed E-state index contributed by atoms with van der Waals surface area (Å²) < 4.78 is 33.5. The standard InChI is InChI=1S/C16H17F2NO/c1-12-6-5-7-13(10-19)15(12)20-11-16(17,18)14-8-3-2-4-9-14/h2-9H,10-11,19H2,1H3. The Bertz CT molecular complexity index is 570. The molecule has 20 heavy (non-hydrogen) atoms. The normalized spacial score (nSPS) is 11.4. The van der Waals surface area contributed by atoms with Gasteiger partial charge in [0.1, 0.15) is 5.75 Å². The highest BCUT2D eigenvalue weighted by molar-refractivity contribution is 5.40. The third-order valence-corrected chi connectivity index (χ3v) is 3.11. The van der Waals surface area contributed by atoms with E-state index in [0.29, 0.717) is 5.75 Å². The first kappa shape index (κ1) is 14.5. The number of benzene rings is 2. The van der Waals surface area contributed by atoms with Crippen LogP contribution >= 0.6 is 0 Å². The molecule has 0 bridgehead atoms. The van der Waals surface area contributed by atoms with Gasteiger partial charge >= 0.3 is 5.92 Å². The molecule has 2 rings (SSSR count). The van der Waals surface area contributed by atoms with Crippen molar-refractivity contribution >= 4 is 0 Å². The van der Waals surface area contributed by atoms with E-state index in [1.54, 1.807) is 24.3 Å².